The van der Waals surface area contributed by atoms with Crippen LogP contribution in [-0.2, 0) is 0 Å². The third kappa shape index (κ3) is 4.54. The Labute approximate surface area is 158 Å². The van der Waals surface area contributed by atoms with Crippen molar-refractivity contribution in [3.05, 3.63) is 89.0 Å². The Hall–Kier alpha value is -3.12. The standard InChI is InChI=1S/C24H20F2O/c1-3-16-27-22-15-14-21(23(25)24(22)26)13-8-18-6-11-20(12-7-18)19-9-4-17(2)5-10-19/h4-7,9-12,14-15H,3,16H2,1-2H3. The molecule has 0 saturated heterocycles. The van der Waals surface area contributed by atoms with E-state index in [1.165, 1.54) is 17.7 Å². The van der Waals surface area contributed by atoms with Gasteiger partial charge in [-0.1, -0.05) is 60.7 Å². The molecule has 0 aliphatic carbocycles. The minimum atomic E-state index is -0.995. The number of halogens is 2. The molecule has 0 N–H and O–H groups in total. The van der Waals surface area contributed by atoms with Gasteiger partial charge in [0.15, 0.2) is 11.6 Å². The van der Waals surface area contributed by atoms with Crippen LogP contribution in [0.4, 0.5) is 8.78 Å². The Kier molecular flexibility index (Phi) is 5.88. The summed E-state index contributed by atoms with van der Waals surface area (Å²) in [6.45, 7) is 4.29. The van der Waals surface area contributed by atoms with Crippen molar-refractivity contribution < 1.29 is 13.5 Å². The Morgan fingerprint density at radius 1 is 0.778 bits per heavy atom. The van der Waals surface area contributed by atoms with Gasteiger partial charge in [-0.3, -0.25) is 0 Å². The van der Waals surface area contributed by atoms with Crippen molar-refractivity contribution in [3.63, 3.8) is 0 Å². The van der Waals surface area contributed by atoms with Gasteiger partial charge < -0.3 is 4.74 Å². The lowest BCUT2D eigenvalue weighted by Crippen LogP contribution is -2.00. The van der Waals surface area contributed by atoms with Crippen LogP contribution in [0.3, 0.4) is 0 Å². The molecular weight excluding hydrogens is 342 g/mol. The molecule has 0 radical (unpaired) electrons. The zero-order chi connectivity index (χ0) is 19.2. The quantitative estimate of drug-likeness (QED) is 0.507. The first kappa shape index (κ1) is 18.7. The molecule has 0 aliphatic heterocycles. The van der Waals surface area contributed by atoms with Gasteiger partial charge in [0.1, 0.15) is 0 Å². The molecule has 0 unspecified atom stereocenters. The maximum Gasteiger partial charge on any atom is 0.201 e. The average Bonchev–Trinajstić information content (AvgIpc) is 2.69. The summed E-state index contributed by atoms with van der Waals surface area (Å²) >= 11 is 0. The van der Waals surface area contributed by atoms with Gasteiger partial charge in [-0.25, -0.2) is 4.39 Å². The molecule has 0 aliphatic rings. The van der Waals surface area contributed by atoms with Crippen molar-refractivity contribution >= 4 is 0 Å². The molecule has 3 aromatic carbocycles. The summed E-state index contributed by atoms with van der Waals surface area (Å²) < 4.78 is 33.3. The minimum Gasteiger partial charge on any atom is -0.490 e. The van der Waals surface area contributed by atoms with Crippen LogP contribution in [-0.4, -0.2) is 6.61 Å². The zero-order valence-corrected chi connectivity index (χ0v) is 15.4. The van der Waals surface area contributed by atoms with Gasteiger partial charge in [-0.05, 0) is 48.7 Å². The third-order valence-corrected chi connectivity index (χ3v) is 4.12. The molecule has 0 amide bonds. The van der Waals surface area contributed by atoms with Crippen LogP contribution in [0.15, 0.2) is 60.7 Å². The van der Waals surface area contributed by atoms with Crippen LogP contribution < -0.4 is 4.74 Å². The highest BCUT2D eigenvalue weighted by Crippen LogP contribution is 2.23. The molecule has 0 fully saturated rings. The maximum atomic E-state index is 14.2. The van der Waals surface area contributed by atoms with Crippen LogP contribution in [0.2, 0.25) is 0 Å². The van der Waals surface area contributed by atoms with E-state index in [-0.39, 0.29) is 11.3 Å². The van der Waals surface area contributed by atoms with E-state index in [0.29, 0.717) is 6.61 Å². The monoisotopic (exact) mass is 362 g/mol. The molecule has 136 valence electrons. The Balaban J connectivity index is 1.79. The minimum absolute atomic E-state index is 0.0129. The molecule has 0 heterocycles. The van der Waals surface area contributed by atoms with Crippen molar-refractivity contribution in [2.24, 2.45) is 0 Å². The van der Waals surface area contributed by atoms with Crippen molar-refractivity contribution in [3.8, 4) is 28.7 Å². The van der Waals surface area contributed by atoms with Gasteiger partial charge >= 0.3 is 0 Å². The number of aryl methyl sites for hydroxylation is 1. The smallest absolute Gasteiger partial charge is 0.201 e. The molecule has 0 atom stereocenters. The second-order valence-electron chi connectivity index (χ2n) is 6.28. The highest BCUT2D eigenvalue weighted by molar-refractivity contribution is 5.64. The van der Waals surface area contributed by atoms with E-state index >= 15 is 0 Å². The van der Waals surface area contributed by atoms with E-state index in [1.807, 2.05) is 38.1 Å². The fraction of sp³-hybridized carbons (Fsp3) is 0.167. The van der Waals surface area contributed by atoms with E-state index < -0.39 is 11.6 Å². The highest BCUT2D eigenvalue weighted by atomic mass is 19.2. The van der Waals surface area contributed by atoms with Gasteiger partial charge in [-0.2, -0.15) is 4.39 Å². The van der Waals surface area contributed by atoms with Gasteiger partial charge in [0.2, 0.25) is 5.82 Å². The van der Waals surface area contributed by atoms with E-state index in [4.69, 9.17) is 4.74 Å². The summed E-state index contributed by atoms with van der Waals surface area (Å²) in [5.74, 6) is 3.53. The summed E-state index contributed by atoms with van der Waals surface area (Å²) in [6.07, 6.45) is 0.723. The number of ether oxygens (including phenoxy) is 1. The lowest BCUT2D eigenvalue weighted by atomic mass is 10.0. The van der Waals surface area contributed by atoms with Crippen LogP contribution in [0, 0.1) is 30.4 Å². The first-order valence-electron chi connectivity index (χ1n) is 8.88. The van der Waals surface area contributed by atoms with E-state index in [0.717, 1.165) is 23.1 Å². The summed E-state index contributed by atoms with van der Waals surface area (Å²) in [5, 5.41) is 0. The predicted molar refractivity (Wildman–Crippen MR) is 105 cm³/mol. The first-order chi connectivity index (χ1) is 13.1. The average molecular weight is 362 g/mol. The zero-order valence-electron chi connectivity index (χ0n) is 15.4. The lowest BCUT2D eigenvalue weighted by molar-refractivity contribution is 0.295. The molecule has 1 nitrogen and oxygen atoms in total. The molecule has 0 aromatic heterocycles. The largest absolute Gasteiger partial charge is 0.490 e. The molecule has 3 aromatic rings. The second kappa shape index (κ2) is 8.51. The van der Waals surface area contributed by atoms with Gasteiger partial charge in [0.25, 0.3) is 0 Å². The van der Waals surface area contributed by atoms with Gasteiger partial charge in [0, 0.05) is 5.56 Å². The van der Waals surface area contributed by atoms with Crippen LogP contribution in [0.25, 0.3) is 11.1 Å². The summed E-state index contributed by atoms with van der Waals surface area (Å²) in [6, 6.07) is 18.8. The first-order valence-corrected chi connectivity index (χ1v) is 8.88. The topological polar surface area (TPSA) is 9.23 Å². The SMILES string of the molecule is CCCOc1ccc(C#Cc2ccc(-c3ccc(C)cc3)cc2)c(F)c1F. The van der Waals surface area contributed by atoms with Crippen molar-refractivity contribution in [2.75, 3.05) is 6.61 Å². The fourth-order valence-electron chi connectivity index (χ4n) is 2.58. The number of hydrogen-bond donors (Lipinski definition) is 0. The van der Waals surface area contributed by atoms with Gasteiger partial charge in [0.05, 0.1) is 12.2 Å². The van der Waals surface area contributed by atoms with E-state index in [9.17, 15) is 8.78 Å². The maximum absolute atomic E-state index is 14.2. The molecule has 0 bridgehead atoms. The number of hydrogen-bond acceptors (Lipinski definition) is 1. The summed E-state index contributed by atoms with van der Waals surface area (Å²) in [7, 11) is 0. The molecule has 3 rings (SSSR count). The Morgan fingerprint density at radius 3 is 2.04 bits per heavy atom. The van der Waals surface area contributed by atoms with Crippen LogP contribution in [0.5, 0.6) is 5.75 Å². The highest BCUT2D eigenvalue weighted by Gasteiger charge is 2.13. The van der Waals surface area contributed by atoms with E-state index in [2.05, 4.69) is 36.1 Å². The third-order valence-electron chi connectivity index (χ3n) is 4.12. The number of benzene rings is 3. The van der Waals surface area contributed by atoms with Crippen LogP contribution >= 0.6 is 0 Å². The molecule has 0 spiro atoms. The molecule has 27 heavy (non-hydrogen) atoms. The normalized spacial score (nSPS) is 10.2. The number of rotatable bonds is 4. The molecular formula is C24H20F2O. The summed E-state index contributed by atoms with van der Waals surface area (Å²) in [4.78, 5) is 0. The lowest BCUT2D eigenvalue weighted by Gasteiger charge is -2.06. The summed E-state index contributed by atoms with van der Waals surface area (Å²) in [5.41, 5.74) is 4.16. The second-order valence-corrected chi connectivity index (χ2v) is 6.28. The van der Waals surface area contributed by atoms with Crippen LogP contribution in [0.1, 0.15) is 30.0 Å². The van der Waals surface area contributed by atoms with Gasteiger partial charge in [-0.15, -0.1) is 0 Å². The molecule has 0 saturated carbocycles. The predicted octanol–water partition coefficient (Wildman–Crippen LogP) is 6.13. The fourth-order valence-corrected chi connectivity index (χ4v) is 2.58. The Bertz CT molecular complexity index is 978. The van der Waals surface area contributed by atoms with Crippen molar-refractivity contribution in [1.29, 1.82) is 0 Å². The van der Waals surface area contributed by atoms with Crippen molar-refractivity contribution in [1.82, 2.24) is 0 Å². The molecule has 3 heteroatoms. The Morgan fingerprint density at radius 2 is 1.41 bits per heavy atom. The van der Waals surface area contributed by atoms with Crippen molar-refractivity contribution in [2.45, 2.75) is 20.3 Å². The van der Waals surface area contributed by atoms with E-state index in [1.54, 1.807) is 0 Å².